The highest BCUT2D eigenvalue weighted by molar-refractivity contribution is 5.87. The molecule has 0 aliphatic rings. The highest BCUT2D eigenvalue weighted by atomic mass is 19.1. The number of carbonyl (C=O) groups is 1. The van der Waals surface area contributed by atoms with Crippen molar-refractivity contribution in [3.05, 3.63) is 42.3 Å². The summed E-state index contributed by atoms with van der Waals surface area (Å²) in [5, 5.41) is 2.38. The van der Waals surface area contributed by atoms with E-state index in [2.05, 4.69) is 10.3 Å². The van der Waals surface area contributed by atoms with Gasteiger partial charge in [0.1, 0.15) is 17.4 Å². The molecule has 19 heavy (non-hydrogen) atoms. The molecule has 2 rings (SSSR count). The Labute approximate surface area is 109 Å². The van der Waals surface area contributed by atoms with E-state index >= 15 is 0 Å². The number of halogens is 1. The maximum absolute atomic E-state index is 13.1. The summed E-state index contributed by atoms with van der Waals surface area (Å²) in [6.45, 7) is 0. The minimum absolute atomic E-state index is 0.316. The highest BCUT2D eigenvalue weighted by Crippen LogP contribution is 2.31. The first kappa shape index (κ1) is 12.8. The lowest BCUT2D eigenvalue weighted by Crippen LogP contribution is -2.19. The first-order valence-corrected chi connectivity index (χ1v) is 5.46. The number of aromatic nitrogens is 1. The molecule has 2 amide bonds. The van der Waals surface area contributed by atoms with Gasteiger partial charge in [0.15, 0.2) is 0 Å². The summed E-state index contributed by atoms with van der Waals surface area (Å²) in [4.78, 5) is 14.7. The van der Waals surface area contributed by atoms with E-state index in [-0.39, 0.29) is 5.82 Å². The van der Waals surface area contributed by atoms with Crippen LogP contribution in [0, 0.1) is 5.82 Å². The van der Waals surface area contributed by atoms with E-state index in [4.69, 9.17) is 10.5 Å². The van der Waals surface area contributed by atoms with E-state index < -0.39 is 6.03 Å². The molecule has 0 radical (unpaired) electrons. The van der Waals surface area contributed by atoms with E-state index in [1.165, 1.54) is 25.4 Å². The van der Waals surface area contributed by atoms with Crippen molar-refractivity contribution >= 4 is 11.8 Å². The molecule has 0 atom stereocenters. The molecule has 1 heterocycles. The van der Waals surface area contributed by atoms with Gasteiger partial charge < -0.3 is 10.5 Å². The lowest BCUT2D eigenvalue weighted by Gasteiger charge is -2.09. The largest absolute Gasteiger partial charge is 0.496 e. The van der Waals surface area contributed by atoms with Gasteiger partial charge in [-0.2, -0.15) is 0 Å². The number of nitrogens with two attached hydrogens (primary N) is 1. The van der Waals surface area contributed by atoms with Crippen LogP contribution in [0.2, 0.25) is 0 Å². The molecule has 0 saturated carbocycles. The fraction of sp³-hybridized carbons (Fsp3) is 0.0769. The number of primary amides is 1. The Kier molecular flexibility index (Phi) is 3.61. The number of hydrogen-bond acceptors (Lipinski definition) is 3. The average Bonchev–Trinajstić information content (AvgIpc) is 2.38. The zero-order valence-electron chi connectivity index (χ0n) is 10.2. The third kappa shape index (κ3) is 2.98. The average molecular weight is 261 g/mol. The molecule has 0 unspecified atom stereocenters. The number of ether oxygens (including phenoxy) is 1. The van der Waals surface area contributed by atoms with Gasteiger partial charge >= 0.3 is 6.03 Å². The predicted octanol–water partition coefficient (Wildman–Crippen LogP) is 2.39. The predicted molar refractivity (Wildman–Crippen MR) is 69.4 cm³/mol. The number of methoxy groups -OCH3 is 1. The van der Waals surface area contributed by atoms with Crippen LogP contribution in [0.4, 0.5) is 15.0 Å². The van der Waals surface area contributed by atoms with Crippen molar-refractivity contribution < 1.29 is 13.9 Å². The van der Waals surface area contributed by atoms with Gasteiger partial charge in [-0.25, -0.2) is 14.2 Å². The second-order valence-electron chi connectivity index (χ2n) is 3.76. The molecule has 5 nitrogen and oxygen atoms in total. The van der Waals surface area contributed by atoms with Crippen molar-refractivity contribution in [1.29, 1.82) is 0 Å². The summed E-state index contributed by atoms with van der Waals surface area (Å²) in [6.07, 6.45) is 1.52. The standard InChI is InChI=1S/C13H12FN3O2/c1-19-11-7-9(14)2-3-10(11)8-4-5-16-12(6-8)17-13(15)18/h2-7H,1H3,(H3,15,16,17,18). The summed E-state index contributed by atoms with van der Waals surface area (Å²) < 4.78 is 18.3. The minimum Gasteiger partial charge on any atom is -0.496 e. The maximum atomic E-state index is 13.1. The van der Waals surface area contributed by atoms with Crippen molar-refractivity contribution in [3.8, 4) is 16.9 Å². The molecule has 0 saturated heterocycles. The van der Waals surface area contributed by atoms with E-state index in [0.717, 1.165) is 5.56 Å². The normalized spacial score (nSPS) is 10.0. The Morgan fingerprint density at radius 2 is 2.16 bits per heavy atom. The van der Waals surface area contributed by atoms with E-state index in [1.807, 2.05) is 0 Å². The van der Waals surface area contributed by atoms with Crippen molar-refractivity contribution in [1.82, 2.24) is 4.98 Å². The van der Waals surface area contributed by atoms with Gasteiger partial charge in [0.05, 0.1) is 7.11 Å². The molecule has 0 aliphatic carbocycles. The van der Waals surface area contributed by atoms with Gasteiger partial charge in [-0.3, -0.25) is 5.32 Å². The zero-order valence-corrected chi connectivity index (χ0v) is 10.2. The number of amides is 2. The molecule has 1 aromatic carbocycles. The van der Waals surface area contributed by atoms with Crippen molar-refractivity contribution in [2.45, 2.75) is 0 Å². The van der Waals surface area contributed by atoms with Gasteiger partial charge in [0, 0.05) is 17.8 Å². The number of rotatable bonds is 3. The van der Waals surface area contributed by atoms with Crippen molar-refractivity contribution in [2.24, 2.45) is 5.73 Å². The Balaban J connectivity index is 2.44. The van der Waals surface area contributed by atoms with Crippen LogP contribution in [0.1, 0.15) is 0 Å². The number of urea groups is 1. The molecule has 0 aliphatic heterocycles. The van der Waals surface area contributed by atoms with Crippen LogP contribution in [0.15, 0.2) is 36.5 Å². The van der Waals surface area contributed by atoms with Crippen LogP contribution in [0.25, 0.3) is 11.1 Å². The second-order valence-corrected chi connectivity index (χ2v) is 3.76. The Hall–Kier alpha value is -2.63. The van der Waals surface area contributed by atoms with Crippen LogP contribution in [-0.4, -0.2) is 18.1 Å². The first-order chi connectivity index (χ1) is 9.10. The van der Waals surface area contributed by atoms with E-state index in [0.29, 0.717) is 17.1 Å². The van der Waals surface area contributed by atoms with Gasteiger partial charge in [-0.05, 0) is 29.8 Å². The summed E-state index contributed by atoms with van der Waals surface area (Å²) in [7, 11) is 1.46. The van der Waals surface area contributed by atoms with Gasteiger partial charge in [0.25, 0.3) is 0 Å². The van der Waals surface area contributed by atoms with E-state index in [1.54, 1.807) is 18.2 Å². The molecule has 6 heteroatoms. The van der Waals surface area contributed by atoms with Gasteiger partial charge in [-0.1, -0.05) is 0 Å². The lowest BCUT2D eigenvalue weighted by molar-refractivity contribution is 0.259. The van der Waals surface area contributed by atoms with Gasteiger partial charge in [-0.15, -0.1) is 0 Å². The molecule has 2 aromatic rings. The topological polar surface area (TPSA) is 77.2 Å². The smallest absolute Gasteiger partial charge is 0.317 e. The molecule has 1 aromatic heterocycles. The van der Waals surface area contributed by atoms with Crippen LogP contribution < -0.4 is 15.8 Å². The van der Waals surface area contributed by atoms with E-state index in [9.17, 15) is 9.18 Å². The highest BCUT2D eigenvalue weighted by Gasteiger charge is 2.08. The van der Waals surface area contributed by atoms with Crippen LogP contribution in [0.5, 0.6) is 5.75 Å². The molecule has 0 bridgehead atoms. The van der Waals surface area contributed by atoms with Crippen molar-refractivity contribution in [3.63, 3.8) is 0 Å². The number of nitrogens with one attached hydrogen (secondary N) is 1. The Morgan fingerprint density at radius 1 is 1.37 bits per heavy atom. The summed E-state index contributed by atoms with van der Waals surface area (Å²) in [6, 6.07) is 6.87. The summed E-state index contributed by atoms with van der Waals surface area (Å²) in [5.41, 5.74) is 6.45. The van der Waals surface area contributed by atoms with Crippen LogP contribution in [0.3, 0.4) is 0 Å². The zero-order chi connectivity index (χ0) is 13.8. The number of nitrogens with zero attached hydrogens (tertiary/aromatic N) is 1. The number of pyridine rings is 1. The molecule has 0 fully saturated rings. The third-order valence-corrected chi connectivity index (χ3v) is 2.49. The molecular formula is C13H12FN3O2. The fourth-order valence-corrected chi connectivity index (χ4v) is 1.70. The molecule has 3 N–H and O–H groups in total. The summed E-state index contributed by atoms with van der Waals surface area (Å²) in [5.74, 6) is 0.331. The molecular weight excluding hydrogens is 249 g/mol. The number of hydrogen-bond donors (Lipinski definition) is 2. The monoisotopic (exact) mass is 261 g/mol. The molecule has 0 spiro atoms. The van der Waals surface area contributed by atoms with Gasteiger partial charge in [0.2, 0.25) is 0 Å². The van der Waals surface area contributed by atoms with Crippen LogP contribution in [-0.2, 0) is 0 Å². The number of benzene rings is 1. The maximum Gasteiger partial charge on any atom is 0.317 e. The van der Waals surface area contributed by atoms with Crippen LogP contribution >= 0.6 is 0 Å². The fourth-order valence-electron chi connectivity index (χ4n) is 1.70. The minimum atomic E-state index is -0.698. The SMILES string of the molecule is COc1cc(F)ccc1-c1ccnc(NC(N)=O)c1. The van der Waals surface area contributed by atoms with Crippen molar-refractivity contribution in [2.75, 3.05) is 12.4 Å². The Bertz CT molecular complexity index is 617. The number of carbonyl (C=O) groups excluding carboxylic acids is 1. The first-order valence-electron chi connectivity index (χ1n) is 5.46. The molecule has 98 valence electrons. The third-order valence-electron chi connectivity index (χ3n) is 2.49. The Morgan fingerprint density at radius 3 is 2.84 bits per heavy atom. The lowest BCUT2D eigenvalue weighted by atomic mass is 10.1. The quantitative estimate of drug-likeness (QED) is 0.890. The second kappa shape index (κ2) is 5.34. The summed E-state index contributed by atoms with van der Waals surface area (Å²) >= 11 is 0. The number of anilines is 1.